The minimum atomic E-state index is -0.339. The van der Waals surface area contributed by atoms with Gasteiger partial charge in [-0.25, -0.2) is 4.39 Å². The first kappa shape index (κ1) is 13.9. The summed E-state index contributed by atoms with van der Waals surface area (Å²) in [5.41, 5.74) is 11.9. The third-order valence-corrected chi connectivity index (χ3v) is 2.33. The summed E-state index contributed by atoms with van der Waals surface area (Å²) in [7, 11) is 0. The Labute approximate surface area is 101 Å². The van der Waals surface area contributed by atoms with E-state index in [1.165, 1.54) is 6.07 Å². The largest absolute Gasteiger partial charge is 0.491 e. The Morgan fingerprint density at radius 2 is 2.24 bits per heavy atom. The van der Waals surface area contributed by atoms with Crippen molar-refractivity contribution in [3.05, 3.63) is 29.6 Å². The van der Waals surface area contributed by atoms with Crippen LogP contribution in [0.3, 0.4) is 0 Å². The van der Waals surface area contributed by atoms with Gasteiger partial charge in [0.1, 0.15) is 0 Å². The molecule has 0 saturated heterocycles. The molecule has 1 unspecified atom stereocenters. The van der Waals surface area contributed by atoms with Gasteiger partial charge in [0.05, 0.1) is 6.61 Å². The average molecular weight is 241 g/mol. The second-order valence-corrected chi connectivity index (χ2v) is 3.82. The minimum absolute atomic E-state index is 0.0671. The Balaban J connectivity index is 2.47. The maximum Gasteiger partial charge on any atom is 0.165 e. The summed E-state index contributed by atoms with van der Waals surface area (Å²) in [5, 5.41) is 3.12. The molecule has 1 atom stereocenters. The number of halogens is 1. The van der Waals surface area contributed by atoms with E-state index >= 15 is 0 Å². The van der Waals surface area contributed by atoms with Crippen molar-refractivity contribution in [2.45, 2.75) is 19.5 Å². The van der Waals surface area contributed by atoms with Crippen LogP contribution < -0.4 is 21.5 Å². The Morgan fingerprint density at radius 3 is 2.82 bits per heavy atom. The van der Waals surface area contributed by atoms with Crippen molar-refractivity contribution >= 4 is 0 Å². The summed E-state index contributed by atoms with van der Waals surface area (Å²) < 4.78 is 18.6. The van der Waals surface area contributed by atoms with E-state index in [0.717, 1.165) is 5.56 Å². The number of hydrogen-bond acceptors (Lipinski definition) is 4. The van der Waals surface area contributed by atoms with Crippen molar-refractivity contribution < 1.29 is 9.13 Å². The molecular weight excluding hydrogens is 221 g/mol. The lowest BCUT2D eigenvalue weighted by molar-refractivity contribution is 0.321. The molecular formula is C12H20FN3O. The number of rotatable bonds is 7. The first-order valence-corrected chi connectivity index (χ1v) is 5.75. The van der Waals surface area contributed by atoms with Crippen LogP contribution in [0.25, 0.3) is 0 Å². The molecule has 5 N–H and O–H groups in total. The quantitative estimate of drug-likeness (QED) is 0.653. The first-order chi connectivity index (χ1) is 8.17. The van der Waals surface area contributed by atoms with Crippen molar-refractivity contribution in [2.75, 3.05) is 19.7 Å². The predicted octanol–water partition coefficient (Wildman–Crippen LogP) is 0.600. The lowest BCUT2D eigenvalue weighted by atomic mass is 10.2. The summed E-state index contributed by atoms with van der Waals surface area (Å²) in [6, 6.07) is 4.86. The van der Waals surface area contributed by atoms with Crippen molar-refractivity contribution in [2.24, 2.45) is 11.5 Å². The van der Waals surface area contributed by atoms with Crippen LogP contribution in [-0.4, -0.2) is 25.7 Å². The van der Waals surface area contributed by atoms with Crippen molar-refractivity contribution in [3.63, 3.8) is 0 Å². The smallest absolute Gasteiger partial charge is 0.165 e. The molecule has 0 radical (unpaired) electrons. The molecule has 0 spiro atoms. The van der Waals surface area contributed by atoms with Crippen LogP contribution in [0.1, 0.15) is 12.5 Å². The normalized spacial score (nSPS) is 12.5. The first-order valence-electron chi connectivity index (χ1n) is 5.75. The van der Waals surface area contributed by atoms with Gasteiger partial charge in [-0.2, -0.15) is 0 Å². The summed E-state index contributed by atoms with van der Waals surface area (Å²) in [6.07, 6.45) is 0. The number of benzene rings is 1. The molecule has 0 fully saturated rings. The van der Waals surface area contributed by atoms with Crippen LogP contribution in [0, 0.1) is 5.82 Å². The monoisotopic (exact) mass is 241 g/mol. The molecule has 5 heteroatoms. The van der Waals surface area contributed by atoms with Gasteiger partial charge in [0.25, 0.3) is 0 Å². The molecule has 1 rings (SSSR count). The zero-order valence-corrected chi connectivity index (χ0v) is 10.1. The van der Waals surface area contributed by atoms with Gasteiger partial charge >= 0.3 is 0 Å². The topological polar surface area (TPSA) is 73.3 Å². The van der Waals surface area contributed by atoms with Gasteiger partial charge in [0.15, 0.2) is 11.6 Å². The number of hydrogen-bond donors (Lipinski definition) is 3. The van der Waals surface area contributed by atoms with Gasteiger partial charge in [0, 0.05) is 25.7 Å². The molecule has 1 aromatic rings. The predicted molar refractivity (Wildman–Crippen MR) is 66.3 cm³/mol. The number of ether oxygens (including phenoxy) is 1. The molecule has 4 nitrogen and oxygen atoms in total. The number of nitrogens with one attached hydrogen (secondary N) is 1. The second-order valence-electron chi connectivity index (χ2n) is 3.82. The minimum Gasteiger partial charge on any atom is -0.491 e. The fourth-order valence-corrected chi connectivity index (χ4v) is 1.41. The lowest BCUT2D eigenvalue weighted by Gasteiger charge is -2.11. The molecule has 1 aromatic carbocycles. The fraction of sp³-hybridized carbons (Fsp3) is 0.500. The van der Waals surface area contributed by atoms with Crippen LogP contribution in [0.15, 0.2) is 18.2 Å². The van der Waals surface area contributed by atoms with E-state index < -0.39 is 0 Å². The van der Waals surface area contributed by atoms with Crippen LogP contribution in [0.4, 0.5) is 4.39 Å². The summed E-state index contributed by atoms with van der Waals surface area (Å²) in [4.78, 5) is 0. The van der Waals surface area contributed by atoms with E-state index in [1.54, 1.807) is 6.07 Å². The summed E-state index contributed by atoms with van der Waals surface area (Å²) in [5.74, 6) is -0.0517. The molecule has 0 amide bonds. The summed E-state index contributed by atoms with van der Waals surface area (Å²) in [6.45, 7) is 3.90. The fourth-order valence-electron chi connectivity index (χ4n) is 1.41. The highest BCUT2D eigenvalue weighted by molar-refractivity contribution is 5.29. The maximum atomic E-state index is 13.5. The molecule has 0 saturated carbocycles. The highest BCUT2D eigenvalue weighted by Crippen LogP contribution is 2.18. The third kappa shape index (κ3) is 4.68. The Hall–Kier alpha value is -1.17. The molecule has 17 heavy (non-hydrogen) atoms. The van der Waals surface area contributed by atoms with Crippen LogP contribution in [0.5, 0.6) is 5.75 Å². The van der Waals surface area contributed by atoms with E-state index in [4.69, 9.17) is 16.2 Å². The van der Waals surface area contributed by atoms with Gasteiger partial charge < -0.3 is 21.5 Å². The Morgan fingerprint density at radius 1 is 1.47 bits per heavy atom. The van der Waals surface area contributed by atoms with Crippen molar-refractivity contribution in [1.29, 1.82) is 0 Å². The molecule has 0 aliphatic heterocycles. The second kappa shape index (κ2) is 7.21. The Kier molecular flexibility index (Phi) is 5.90. The molecule has 0 heterocycles. The van der Waals surface area contributed by atoms with E-state index in [1.807, 2.05) is 13.0 Å². The van der Waals surface area contributed by atoms with Gasteiger partial charge in [-0.15, -0.1) is 0 Å². The van der Waals surface area contributed by atoms with Crippen molar-refractivity contribution in [3.8, 4) is 5.75 Å². The molecule has 0 aromatic heterocycles. The number of nitrogens with two attached hydrogens (primary N) is 2. The summed E-state index contributed by atoms with van der Waals surface area (Å²) >= 11 is 0. The lowest BCUT2D eigenvalue weighted by Crippen LogP contribution is -2.39. The van der Waals surface area contributed by atoms with E-state index in [2.05, 4.69) is 5.32 Å². The van der Waals surface area contributed by atoms with Gasteiger partial charge in [-0.05, 0) is 24.6 Å². The van der Waals surface area contributed by atoms with Gasteiger partial charge in [-0.1, -0.05) is 6.07 Å². The van der Waals surface area contributed by atoms with E-state index in [9.17, 15) is 4.39 Å². The standard InChI is InChI=1S/C12H20FN3O/c1-2-17-12-4-3-9(5-11(12)13)7-16-8-10(15)6-14/h3-5,10,16H,2,6-8,14-15H2,1H3. The van der Waals surface area contributed by atoms with Crippen LogP contribution in [-0.2, 0) is 6.54 Å². The highest BCUT2D eigenvalue weighted by Gasteiger charge is 2.04. The van der Waals surface area contributed by atoms with Gasteiger partial charge in [-0.3, -0.25) is 0 Å². The molecule has 96 valence electrons. The average Bonchev–Trinajstić information content (AvgIpc) is 2.32. The molecule has 0 bridgehead atoms. The van der Waals surface area contributed by atoms with Crippen LogP contribution >= 0.6 is 0 Å². The maximum absolute atomic E-state index is 13.5. The zero-order valence-electron chi connectivity index (χ0n) is 10.1. The third-order valence-electron chi connectivity index (χ3n) is 2.33. The van der Waals surface area contributed by atoms with E-state index in [0.29, 0.717) is 26.2 Å². The molecule has 0 aliphatic rings. The Bertz CT molecular complexity index is 347. The van der Waals surface area contributed by atoms with Crippen molar-refractivity contribution in [1.82, 2.24) is 5.32 Å². The van der Waals surface area contributed by atoms with Crippen LogP contribution in [0.2, 0.25) is 0 Å². The zero-order chi connectivity index (χ0) is 12.7. The highest BCUT2D eigenvalue weighted by atomic mass is 19.1. The molecule has 0 aliphatic carbocycles. The SMILES string of the molecule is CCOc1ccc(CNCC(N)CN)cc1F. The van der Waals surface area contributed by atoms with E-state index in [-0.39, 0.29) is 17.6 Å². The van der Waals surface area contributed by atoms with Gasteiger partial charge in [0.2, 0.25) is 0 Å².